The van der Waals surface area contributed by atoms with Gasteiger partial charge in [0, 0.05) is 24.7 Å². The van der Waals surface area contributed by atoms with Gasteiger partial charge in [-0.3, -0.25) is 9.69 Å². The fraction of sp³-hybridized carbons (Fsp3) is 0.562. The maximum atomic E-state index is 12.6. The molecule has 21 heavy (non-hydrogen) atoms. The molecule has 0 N–H and O–H groups in total. The van der Waals surface area contributed by atoms with Gasteiger partial charge in [0.2, 0.25) is 0 Å². The van der Waals surface area contributed by atoms with Gasteiger partial charge in [-0.2, -0.15) is 0 Å². The highest BCUT2D eigenvalue weighted by Crippen LogP contribution is 2.27. The van der Waals surface area contributed by atoms with E-state index in [-0.39, 0.29) is 5.91 Å². The third-order valence-corrected chi connectivity index (χ3v) is 4.80. The molecule has 2 rings (SSSR count). The Labute approximate surface area is 135 Å². The number of hydrogen-bond acceptors (Lipinski definition) is 3. The SMILES string of the molecule is CCN(CC)C1CCN(C(=O)c2ccc(OC)c(Br)c2)C1. The fourth-order valence-electron chi connectivity index (χ4n) is 2.95. The van der Waals surface area contributed by atoms with E-state index in [2.05, 4.69) is 34.7 Å². The van der Waals surface area contributed by atoms with E-state index < -0.39 is 0 Å². The zero-order chi connectivity index (χ0) is 15.4. The Morgan fingerprint density at radius 1 is 1.43 bits per heavy atom. The Morgan fingerprint density at radius 2 is 2.14 bits per heavy atom. The van der Waals surface area contributed by atoms with Crippen LogP contribution in [0.3, 0.4) is 0 Å². The topological polar surface area (TPSA) is 32.8 Å². The molecule has 5 heteroatoms. The van der Waals surface area contributed by atoms with Gasteiger partial charge in [0.1, 0.15) is 5.75 Å². The quantitative estimate of drug-likeness (QED) is 0.814. The molecule has 0 radical (unpaired) electrons. The number of nitrogens with zero attached hydrogens (tertiary/aromatic N) is 2. The lowest BCUT2D eigenvalue weighted by atomic mass is 10.2. The van der Waals surface area contributed by atoms with Crippen molar-refractivity contribution in [2.24, 2.45) is 0 Å². The van der Waals surface area contributed by atoms with E-state index in [9.17, 15) is 4.79 Å². The summed E-state index contributed by atoms with van der Waals surface area (Å²) in [5, 5.41) is 0. The van der Waals surface area contributed by atoms with Gasteiger partial charge in [0.25, 0.3) is 5.91 Å². The van der Waals surface area contributed by atoms with Gasteiger partial charge >= 0.3 is 0 Å². The summed E-state index contributed by atoms with van der Waals surface area (Å²) < 4.78 is 6.02. The van der Waals surface area contributed by atoms with Crippen molar-refractivity contribution in [2.75, 3.05) is 33.3 Å². The monoisotopic (exact) mass is 354 g/mol. The Bertz CT molecular complexity index is 503. The fourth-order valence-corrected chi connectivity index (χ4v) is 3.49. The maximum absolute atomic E-state index is 12.6. The Balaban J connectivity index is 2.06. The maximum Gasteiger partial charge on any atom is 0.253 e. The molecule has 1 aromatic carbocycles. The van der Waals surface area contributed by atoms with E-state index in [1.807, 2.05) is 23.1 Å². The molecule has 0 bridgehead atoms. The Kier molecular flexibility index (Phi) is 5.65. The van der Waals surface area contributed by atoms with Gasteiger partial charge in [-0.25, -0.2) is 0 Å². The van der Waals surface area contributed by atoms with Crippen LogP contribution in [0, 0.1) is 0 Å². The number of carbonyl (C=O) groups is 1. The van der Waals surface area contributed by atoms with Gasteiger partial charge in [0.05, 0.1) is 11.6 Å². The van der Waals surface area contributed by atoms with E-state index >= 15 is 0 Å². The number of rotatable bonds is 5. The number of amides is 1. The molecule has 4 nitrogen and oxygen atoms in total. The summed E-state index contributed by atoms with van der Waals surface area (Å²) in [5.41, 5.74) is 0.711. The van der Waals surface area contributed by atoms with Crippen molar-refractivity contribution in [3.63, 3.8) is 0 Å². The standard InChI is InChI=1S/C16H23BrN2O2/c1-4-18(5-2)13-8-9-19(11-13)16(20)12-6-7-15(21-3)14(17)10-12/h6-7,10,13H,4-5,8-9,11H2,1-3H3. The molecule has 1 saturated heterocycles. The van der Waals surface area contributed by atoms with Crippen LogP contribution < -0.4 is 4.74 Å². The van der Waals surface area contributed by atoms with Gasteiger partial charge in [-0.05, 0) is 53.6 Å². The average molecular weight is 355 g/mol. The highest BCUT2D eigenvalue weighted by molar-refractivity contribution is 9.10. The predicted molar refractivity (Wildman–Crippen MR) is 87.9 cm³/mol. The number of halogens is 1. The first kappa shape index (κ1) is 16.3. The molecule has 1 aliphatic heterocycles. The Hall–Kier alpha value is -1.07. The van der Waals surface area contributed by atoms with Crippen LogP contribution in [0.5, 0.6) is 5.75 Å². The van der Waals surface area contributed by atoms with Gasteiger partial charge in [-0.1, -0.05) is 13.8 Å². The first-order valence-corrected chi connectivity index (χ1v) is 8.26. The molecule has 1 aliphatic rings. The second-order valence-electron chi connectivity index (χ2n) is 5.26. The third kappa shape index (κ3) is 3.58. The van der Waals surface area contributed by atoms with Crippen LogP contribution >= 0.6 is 15.9 Å². The van der Waals surface area contributed by atoms with Gasteiger partial charge in [-0.15, -0.1) is 0 Å². The van der Waals surface area contributed by atoms with E-state index in [0.717, 1.165) is 42.8 Å². The number of likely N-dealkylation sites (N-methyl/N-ethyl adjacent to an activating group) is 1. The molecular weight excluding hydrogens is 332 g/mol. The first-order valence-electron chi connectivity index (χ1n) is 7.47. The average Bonchev–Trinajstić information content (AvgIpc) is 2.97. The summed E-state index contributed by atoms with van der Waals surface area (Å²) in [5.74, 6) is 0.849. The number of likely N-dealkylation sites (tertiary alicyclic amines) is 1. The van der Waals surface area contributed by atoms with Crippen molar-refractivity contribution in [1.29, 1.82) is 0 Å². The van der Waals surface area contributed by atoms with Gasteiger partial charge in [0.15, 0.2) is 0 Å². The summed E-state index contributed by atoms with van der Waals surface area (Å²) >= 11 is 3.44. The smallest absolute Gasteiger partial charge is 0.253 e. The van der Waals surface area contributed by atoms with Crippen molar-refractivity contribution >= 4 is 21.8 Å². The summed E-state index contributed by atoms with van der Waals surface area (Å²) in [6.45, 7) is 8.09. The van der Waals surface area contributed by atoms with E-state index in [1.54, 1.807) is 7.11 Å². The number of carbonyl (C=O) groups excluding carboxylic acids is 1. The molecule has 1 fully saturated rings. The lowest BCUT2D eigenvalue weighted by molar-refractivity contribution is 0.0778. The third-order valence-electron chi connectivity index (χ3n) is 4.18. The molecule has 0 aromatic heterocycles. The van der Waals surface area contributed by atoms with Crippen LogP contribution in [0.1, 0.15) is 30.6 Å². The first-order chi connectivity index (χ1) is 10.1. The van der Waals surface area contributed by atoms with Crippen LogP contribution in [0.15, 0.2) is 22.7 Å². The predicted octanol–water partition coefficient (Wildman–Crippen LogP) is 3.01. The van der Waals surface area contributed by atoms with Crippen molar-refractivity contribution < 1.29 is 9.53 Å². The minimum Gasteiger partial charge on any atom is -0.496 e. The minimum atomic E-state index is 0.105. The van der Waals surface area contributed by atoms with E-state index in [1.165, 1.54) is 0 Å². The number of hydrogen-bond donors (Lipinski definition) is 0. The Morgan fingerprint density at radius 3 is 2.71 bits per heavy atom. The van der Waals surface area contributed by atoms with Crippen LogP contribution in [0.4, 0.5) is 0 Å². The van der Waals surface area contributed by atoms with Crippen molar-refractivity contribution in [1.82, 2.24) is 9.80 Å². The summed E-state index contributed by atoms with van der Waals surface area (Å²) in [4.78, 5) is 17.0. The van der Waals surface area contributed by atoms with Crippen molar-refractivity contribution in [2.45, 2.75) is 26.3 Å². The highest BCUT2D eigenvalue weighted by atomic mass is 79.9. The molecule has 0 saturated carbocycles. The largest absolute Gasteiger partial charge is 0.496 e. The minimum absolute atomic E-state index is 0.105. The van der Waals surface area contributed by atoms with Crippen molar-refractivity contribution in [3.8, 4) is 5.75 Å². The normalized spacial score (nSPS) is 18.3. The molecule has 1 aromatic rings. The van der Waals surface area contributed by atoms with E-state index in [0.29, 0.717) is 11.6 Å². The van der Waals surface area contributed by atoms with Crippen LogP contribution in [0.2, 0.25) is 0 Å². The summed E-state index contributed by atoms with van der Waals surface area (Å²) in [7, 11) is 1.62. The zero-order valence-electron chi connectivity index (χ0n) is 12.9. The number of methoxy groups -OCH3 is 1. The van der Waals surface area contributed by atoms with Gasteiger partial charge < -0.3 is 9.64 Å². The number of ether oxygens (including phenoxy) is 1. The second kappa shape index (κ2) is 7.27. The molecule has 116 valence electrons. The second-order valence-corrected chi connectivity index (χ2v) is 6.12. The lowest BCUT2D eigenvalue weighted by Crippen LogP contribution is -2.38. The summed E-state index contributed by atoms with van der Waals surface area (Å²) in [6.07, 6.45) is 1.06. The van der Waals surface area contributed by atoms with Crippen molar-refractivity contribution in [3.05, 3.63) is 28.2 Å². The molecule has 1 amide bonds. The highest BCUT2D eigenvalue weighted by Gasteiger charge is 2.29. The molecule has 1 atom stereocenters. The molecule has 1 unspecified atom stereocenters. The lowest BCUT2D eigenvalue weighted by Gasteiger charge is -2.26. The number of benzene rings is 1. The molecule has 0 aliphatic carbocycles. The molecular formula is C16H23BrN2O2. The summed E-state index contributed by atoms with van der Waals surface area (Å²) in [6, 6.07) is 5.99. The molecule has 1 heterocycles. The van der Waals surface area contributed by atoms with Crippen LogP contribution in [-0.2, 0) is 0 Å². The molecule has 0 spiro atoms. The van der Waals surface area contributed by atoms with E-state index in [4.69, 9.17) is 4.74 Å². The van der Waals surface area contributed by atoms with Crippen LogP contribution in [0.25, 0.3) is 0 Å². The zero-order valence-corrected chi connectivity index (χ0v) is 14.5. The van der Waals surface area contributed by atoms with Crippen LogP contribution in [-0.4, -0.2) is 55.0 Å².